The van der Waals surface area contributed by atoms with Crippen LogP contribution in [0.5, 0.6) is 0 Å². The maximum absolute atomic E-state index is 17.0. The Balaban J connectivity index is 1.79. The third-order valence-electron chi connectivity index (χ3n) is 8.76. The number of hydrogen-bond acceptors (Lipinski definition) is 5. The fourth-order valence-corrected chi connectivity index (χ4v) is 7.46. The predicted octanol–water partition coefficient (Wildman–Crippen LogP) is 3.52. The normalized spacial score (nSPS) is 47.3. The van der Waals surface area contributed by atoms with Crippen LogP contribution in [0.25, 0.3) is 0 Å². The van der Waals surface area contributed by atoms with E-state index < -0.39 is 34.1 Å². The fraction of sp³-hybridized carbons (Fsp3) is 0.739. The van der Waals surface area contributed by atoms with Crippen LogP contribution in [0.15, 0.2) is 23.8 Å². The van der Waals surface area contributed by atoms with Crippen molar-refractivity contribution in [1.82, 2.24) is 0 Å². The lowest BCUT2D eigenvalue weighted by atomic mass is 9.44. The quantitative estimate of drug-likeness (QED) is 0.523. The van der Waals surface area contributed by atoms with Crippen molar-refractivity contribution in [3.05, 3.63) is 23.8 Å². The zero-order valence-electron chi connectivity index (χ0n) is 17.7. The lowest BCUT2D eigenvalue weighted by Crippen LogP contribution is -2.69. The first kappa shape index (κ1) is 22.1. The third kappa shape index (κ3) is 2.57. The van der Waals surface area contributed by atoms with E-state index in [0.717, 1.165) is 5.57 Å². The Morgan fingerprint density at radius 1 is 1.33 bits per heavy atom. The first-order valence-corrected chi connectivity index (χ1v) is 11.2. The van der Waals surface area contributed by atoms with Crippen LogP contribution in [-0.2, 0) is 19.1 Å². The molecule has 0 amide bonds. The van der Waals surface area contributed by atoms with E-state index >= 15 is 4.39 Å². The molecule has 166 valence electrons. The molecule has 4 aliphatic carbocycles. The largest absolute Gasteiger partial charge is 0.390 e. The molecule has 0 aromatic heterocycles. The first-order chi connectivity index (χ1) is 14.1. The van der Waals surface area contributed by atoms with E-state index in [9.17, 15) is 14.7 Å². The number of Topliss-reactive ketones (excluding diaryl/α,β-unsaturated/α-hetero) is 1. The van der Waals surface area contributed by atoms with Gasteiger partial charge in [-0.3, -0.25) is 9.59 Å². The smallest absolute Gasteiger partial charge is 0.179 e. The molecule has 3 fully saturated rings. The van der Waals surface area contributed by atoms with Gasteiger partial charge in [0.1, 0.15) is 12.4 Å². The van der Waals surface area contributed by atoms with Gasteiger partial charge in [0.15, 0.2) is 17.2 Å². The monoisotopic (exact) mass is 440 g/mol. The second-order valence-electron chi connectivity index (χ2n) is 9.74. The standard InChI is InChI=1S/C23H30ClFO5/c1-20-8-6-15(26)10-14(20)4-5-17-16-7-9-22(19(28)12-24,30-13-29-3)21(16,2)11-18(27)23(17,20)25/h6,8,10,16-18,27H,4-5,7,9,11-13H2,1-3H3/t16-,17-,18-,20-,21-,22-,23-/m0/s1. The zero-order chi connectivity index (χ0) is 21.9. The number of methoxy groups -OCH3 is 1. The van der Waals surface area contributed by atoms with E-state index in [1.54, 1.807) is 13.0 Å². The van der Waals surface area contributed by atoms with Crippen LogP contribution in [0, 0.1) is 22.7 Å². The molecular formula is C23H30ClFO5. The van der Waals surface area contributed by atoms with Gasteiger partial charge in [0.25, 0.3) is 0 Å². The minimum atomic E-state index is -1.92. The van der Waals surface area contributed by atoms with E-state index in [0.29, 0.717) is 25.7 Å². The Morgan fingerprint density at radius 3 is 2.73 bits per heavy atom. The van der Waals surface area contributed by atoms with Crippen LogP contribution < -0.4 is 0 Å². The highest BCUT2D eigenvalue weighted by Crippen LogP contribution is 2.70. The Labute approximate surface area is 181 Å². The topological polar surface area (TPSA) is 72.8 Å². The predicted molar refractivity (Wildman–Crippen MR) is 110 cm³/mol. The van der Waals surface area contributed by atoms with E-state index in [1.807, 2.05) is 6.92 Å². The van der Waals surface area contributed by atoms with Crippen molar-refractivity contribution in [3.63, 3.8) is 0 Å². The van der Waals surface area contributed by atoms with Crippen LogP contribution in [0.2, 0.25) is 0 Å². The van der Waals surface area contributed by atoms with Crippen molar-refractivity contribution in [1.29, 1.82) is 0 Å². The second kappa shape index (κ2) is 7.22. The van der Waals surface area contributed by atoms with Gasteiger partial charge in [-0.05, 0) is 57.1 Å². The molecule has 4 aliphatic rings. The molecule has 0 spiro atoms. The Hall–Kier alpha value is -1.08. The Morgan fingerprint density at radius 2 is 2.07 bits per heavy atom. The molecule has 3 saturated carbocycles. The van der Waals surface area contributed by atoms with E-state index in [2.05, 4.69) is 0 Å². The number of allylic oxidation sites excluding steroid dienone is 4. The molecule has 7 heteroatoms. The van der Waals surface area contributed by atoms with Gasteiger partial charge in [-0.2, -0.15) is 0 Å². The number of hydrogen-bond donors (Lipinski definition) is 1. The zero-order valence-corrected chi connectivity index (χ0v) is 18.5. The van der Waals surface area contributed by atoms with Crippen LogP contribution in [-0.4, -0.2) is 53.8 Å². The average molecular weight is 441 g/mol. The van der Waals surface area contributed by atoms with Crippen LogP contribution >= 0.6 is 11.6 Å². The number of halogens is 2. The lowest BCUT2D eigenvalue weighted by molar-refractivity contribution is -0.236. The molecular weight excluding hydrogens is 411 g/mol. The van der Waals surface area contributed by atoms with Crippen LogP contribution in [0.4, 0.5) is 4.39 Å². The summed E-state index contributed by atoms with van der Waals surface area (Å²) in [4.78, 5) is 24.9. The molecule has 0 aliphatic heterocycles. The first-order valence-electron chi connectivity index (χ1n) is 10.6. The number of aliphatic hydroxyl groups is 1. The molecule has 0 radical (unpaired) electrons. The number of alkyl halides is 2. The van der Waals surface area contributed by atoms with Gasteiger partial charge in [0.2, 0.25) is 0 Å². The number of fused-ring (bicyclic) bond motifs is 5. The minimum absolute atomic E-state index is 0.0675. The Bertz CT molecular complexity index is 826. The lowest BCUT2D eigenvalue weighted by Gasteiger charge is -2.63. The maximum Gasteiger partial charge on any atom is 0.179 e. The summed E-state index contributed by atoms with van der Waals surface area (Å²) in [6, 6.07) is 0. The second-order valence-corrected chi connectivity index (χ2v) is 10.0. The van der Waals surface area contributed by atoms with Gasteiger partial charge in [0, 0.05) is 23.9 Å². The summed E-state index contributed by atoms with van der Waals surface area (Å²) < 4.78 is 28.1. The number of ketones is 2. The van der Waals surface area contributed by atoms with Gasteiger partial charge in [0.05, 0.1) is 12.0 Å². The third-order valence-corrected chi connectivity index (χ3v) is 9.00. The number of ether oxygens (including phenoxy) is 2. The van der Waals surface area contributed by atoms with E-state index in [4.69, 9.17) is 21.1 Å². The minimum Gasteiger partial charge on any atom is -0.390 e. The number of aliphatic hydroxyl groups excluding tert-OH is 1. The Kier molecular flexibility index (Phi) is 5.33. The summed E-state index contributed by atoms with van der Waals surface area (Å²) in [6.45, 7) is 3.65. The highest BCUT2D eigenvalue weighted by molar-refractivity contribution is 6.29. The molecule has 5 nitrogen and oxygen atoms in total. The fourth-order valence-electron chi connectivity index (χ4n) is 7.24. The molecule has 4 rings (SSSR count). The van der Waals surface area contributed by atoms with Crippen molar-refractivity contribution < 1.29 is 28.6 Å². The van der Waals surface area contributed by atoms with Crippen molar-refractivity contribution >= 4 is 23.2 Å². The van der Waals surface area contributed by atoms with Gasteiger partial charge in [-0.25, -0.2) is 4.39 Å². The summed E-state index contributed by atoms with van der Waals surface area (Å²) in [5.74, 6) is -1.19. The average Bonchev–Trinajstić information content (AvgIpc) is 3.00. The summed E-state index contributed by atoms with van der Waals surface area (Å²) in [5.41, 5.74) is -4.18. The van der Waals surface area contributed by atoms with Gasteiger partial charge in [-0.1, -0.05) is 18.6 Å². The molecule has 0 aromatic carbocycles. The molecule has 1 N–H and O–H groups in total. The van der Waals surface area contributed by atoms with Crippen LogP contribution in [0.3, 0.4) is 0 Å². The van der Waals surface area contributed by atoms with E-state index in [-0.39, 0.29) is 36.6 Å². The van der Waals surface area contributed by atoms with E-state index in [1.165, 1.54) is 19.3 Å². The highest BCUT2D eigenvalue weighted by atomic mass is 35.5. The summed E-state index contributed by atoms with van der Waals surface area (Å²) in [5, 5.41) is 11.3. The van der Waals surface area contributed by atoms with Crippen molar-refractivity contribution in [2.24, 2.45) is 22.7 Å². The van der Waals surface area contributed by atoms with Crippen molar-refractivity contribution in [2.45, 2.75) is 63.3 Å². The number of carbonyl (C=O) groups is 2. The highest BCUT2D eigenvalue weighted by Gasteiger charge is 2.74. The molecule has 0 bridgehead atoms. The van der Waals surface area contributed by atoms with Gasteiger partial charge < -0.3 is 14.6 Å². The van der Waals surface area contributed by atoms with Gasteiger partial charge >= 0.3 is 0 Å². The molecule has 7 atom stereocenters. The SMILES string of the molecule is COCO[C@]1(C(=O)CCl)CC[C@H]2[C@@H]3CCC4=CC(=O)C=C[C@]4(C)[C@@]3(F)[C@@H](O)C[C@@]21C. The molecule has 30 heavy (non-hydrogen) atoms. The summed E-state index contributed by atoms with van der Waals surface area (Å²) in [6.07, 6.45) is 5.50. The summed E-state index contributed by atoms with van der Waals surface area (Å²) in [7, 11) is 1.49. The van der Waals surface area contributed by atoms with Crippen LogP contribution in [0.1, 0.15) is 46.0 Å². The van der Waals surface area contributed by atoms with Crippen molar-refractivity contribution in [3.8, 4) is 0 Å². The molecule has 0 saturated heterocycles. The maximum atomic E-state index is 17.0. The summed E-state index contributed by atoms with van der Waals surface area (Å²) >= 11 is 5.97. The molecule has 0 unspecified atom stereocenters. The number of rotatable bonds is 5. The number of carbonyl (C=O) groups excluding carboxylic acids is 2. The molecule has 0 heterocycles. The van der Waals surface area contributed by atoms with Gasteiger partial charge in [-0.15, -0.1) is 11.6 Å². The van der Waals surface area contributed by atoms with Crippen molar-refractivity contribution in [2.75, 3.05) is 19.8 Å². The molecule has 0 aromatic rings.